The Labute approximate surface area is 137 Å². The molecule has 0 radical (unpaired) electrons. The molecule has 1 fully saturated rings. The first-order valence-electron chi connectivity index (χ1n) is 7.49. The van der Waals surface area contributed by atoms with E-state index in [4.69, 9.17) is 14.7 Å². The molecule has 0 aromatic carbocycles. The summed E-state index contributed by atoms with van der Waals surface area (Å²) >= 11 is 0. The minimum absolute atomic E-state index is 0.0921. The Morgan fingerprint density at radius 2 is 2.17 bits per heavy atom. The lowest BCUT2D eigenvalue weighted by Crippen LogP contribution is -2.50. The Morgan fingerprint density at radius 3 is 2.74 bits per heavy atom. The molecule has 1 rings (SSSR count). The first-order chi connectivity index (χ1) is 10.5. The first kappa shape index (κ1) is 19.7. The molecule has 0 bridgehead atoms. The van der Waals surface area contributed by atoms with Crippen LogP contribution in [0.25, 0.3) is 0 Å². The Balaban J connectivity index is 2.58. The zero-order valence-electron chi connectivity index (χ0n) is 14.0. The van der Waals surface area contributed by atoms with Gasteiger partial charge in [0.05, 0.1) is 37.5 Å². The second-order valence-electron chi connectivity index (χ2n) is 6.58. The Kier molecular flexibility index (Phi) is 6.80. The highest BCUT2D eigenvalue weighted by Gasteiger charge is 2.31. The maximum atomic E-state index is 12.1. The van der Waals surface area contributed by atoms with Crippen molar-refractivity contribution in [3.8, 4) is 6.07 Å². The number of morpholine rings is 1. The normalized spacial score (nSPS) is 20.7. The standard InChI is InChI=1S/C14H25N3O5S/c1-11(5-6-15)16-23(19,20)10-12-9-17(7-8-21-12)13(18)22-14(2,3)4/h11-12,16H,5,7-10H2,1-4H3/t11-,12-/m1/s1. The number of ether oxygens (including phenoxy) is 2. The number of nitrogens with zero attached hydrogens (tertiary/aromatic N) is 2. The van der Waals surface area contributed by atoms with Gasteiger partial charge in [-0.1, -0.05) is 0 Å². The Bertz CT molecular complexity index is 550. The van der Waals surface area contributed by atoms with Gasteiger partial charge < -0.3 is 14.4 Å². The van der Waals surface area contributed by atoms with E-state index >= 15 is 0 Å². The van der Waals surface area contributed by atoms with Gasteiger partial charge in [0.2, 0.25) is 10.0 Å². The van der Waals surface area contributed by atoms with Crippen molar-refractivity contribution >= 4 is 16.1 Å². The number of nitriles is 1. The van der Waals surface area contributed by atoms with Crippen LogP contribution in [0.5, 0.6) is 0 Å². The number of rotatable bonds is 5. The molecule has 0 spiro atoms. The molecule has 1 N–H and O–H groups in total. The number of hydrogen-bond donors (Lipinski definition) is 1. The van der Waals surface area contributed by atoms with E-state index in [0.29, 0.717) is 6.54 Å². The van der Waals surface area contributed by atoms with E-state index in [-0.39, 0.29) is 25.3 Å². The zero-order chi connectivity index (χ0) is 17.7. The van der Waals surface area contributed by atoms with Crippen molar-refractivity contribution < 1.29 is 22.7 Å². The van der Waals surface area contributed by atoms with Crippen LogP contribution in [0.3, 0.4) is 0 Å². The molecule has 1 amide bonds. The van der Waals surface area contributed by atoms with E-state index in [1.54, 1.807) is 27.7 Å². The van der Waals surface area contributed by atoms with Gasteiger partial charge in [0.15, 0.2) is 0 Å². The molecule has 0 saturated carbocycles. The molecule has 9 heteroatoms. The number of carbonyl (C=O) groups excluding carboxylic acids is 1. The van der Waals surface area contributed by atoms with Gasteiger partial charge in [-0.05, 0) is 27.7 Å². The summed E-state index contributed by atoms with van der Waals surface area (Å²) in [4.78, 5) is 13.5. The van der Waals surface area contributed by atoms with E-state index in [1.807, 2.05) is 6.07 Å². The van der Waals surface area contributed by atoms with E-state index in [0.717, 1.165) is 0 Å². The number of amides is 1. The summed E-state index contributed by atoms with van der Waals surface area (Å²) in [6.45, 7) is 7.71. The maximum absolute atomic E-state index is 12.1. The first-order valence-corrected chi connectivity index (χ1v) is 9.14. The summed E-state index contributed by atoms with van der Waals surface area (Å²) in [5.41, 5.74) is -0.606. The predicted molar refractivity (Wildman–Crippen MR) is 84.2 cm³/mol. The van der Waals surface area contributed by atoms with Crippen LogP contribution in [-0.4, -0.2) is 62.6 Å². The molecule has 0 unspecified atom stereocenters. The topological polar surface area (TPSA) is 109 Å². The fourth-order valence-electron chi connectivity index (χ4n) is 2.09. The van der Waals surface area contributed by atoms with Gasteiger partial charge in [-0.2, -0.15) is 5.26 Å². The van der Waals surface area contributed by atoms with Crippen LogP contribution in [0.1, 0.15) is 34.1 Å². The van der Waals surface area contributed by atoms with Crippen molar-refractivity contribution in [1.29, 1.82) is 5.26 Å². The summed E-state index contributed by atoms with van der Waals surface area (Å²) in [6, 6.07) is 1.45. The fraction of sp³-hybridized carbons (Fsp3) is 0.857. The highest BCUT2D eigenvalue weighted by atomic mass is 32.2. The smallest absolute Gasteiger partial charge is 0.410 e. The number of sulfonamides is 1. The van der Waals surface area contributed by atoms with Gasteiger partial charge in [-0.15, -0.1) is 0 Å². The largest absolute Gasteiger partial charge is 0.444 e. The van der Waals surface area contributed by atoms with Crippen molar-refractivity contribution in [2.45, 2.75) is 51.9 Å². The van der Waals surface area contributed by atoms with Crippen LogP contribution in [0.4, 0.5) is 4.79 Å². The average Bonchev–Trinajstić information content (AvgIpc) is 2.35. The SMILES string of the molecule is C[C@H](CC#N)NS(=O)(=O)C[C@H]1CN(C(=O)OC(C)(C)C)CCO1. The zero-order valence-corrected chi connectivity index (χ0v) is 14.9. The summed E-state index contributed by atoms with van der Waals surface area (Å²) in [5, 5.41) is 8.58. The third-order valence-electron chi connectivity index (χ3n) is 2.97. The van der Waals surface area contributed by atoms with Crippen LogP contribution in [0.2, 0.25) is 0 Å². The Hall–Kier alpha value is -1.37. The van der Waals surface area contributed by atoms with E-state index < -0.39 is 33.9 Å². The average molecular weight is 347 g/mol. The molecule has 2 atom stereocenters. The van der Waals surface area contributed by atoms with Gasteiger partial charge >= 0.3 is 6.09 Å². The monoisotopic (exact) mass is 347 g/mol. The second-order valence-corrected chi connectivity index (χ2v) is 8.38. The predicted octanol–water partition coefficient (Wildman–Crippen LogP) is 0.844. The maximum Gasteiger partial charge on any atom is 0.410 e. The van der Waals surface area contributed by atoms with Crippen LogP contribution in [0, 0.1) is 11.3 Å². The number of carbonyl (C=O) groups is 1. The van der Waals surface area contributed by atoms with Gasteiger partial charge in [-0.25, -0.2) is 17.9 Å². The minimum Gasteiger partial charge on any atom is -0.444 e. The van der Waals surface area contributed by atoms with E-state index in [2.05, 4.69) is 4.72 Å². The minimum atomic E-state index is -3.59. The lowest BCUT2D eigenvalue weighted by molar-refractivity contribution is -0.0343. The lowest BCUT2D eigenvalue weighted by atomic mass is 10.2. The molecule has 23 heavy (non-hydrogen) atoms. The molecule has 0 aliphatic carbocycles. The summed E-state index contributed by atoms with van der Waals surface area (Å²) in [7, 11) is -3.59. The molecule has 1 aliphatic heterocycles. The highest BCUT2D eigenvalue weighted by molar-refractivity contribution is 7.89. The van der Waals surface area contributed by atoms with Gasteiger partial charge in [0, 0.05) is 12.6 Å². The Morgan fingerprint density at radius 1 is 1.52 bits per heavy atom. The molecule has 1 saturated heterocycles. The van der Waals surface area contributed by atoms with Crippen LogP contribution in [-0.2, 0) is 19.5 Å². The van der Waals surface area contributed by atoms with Crippen molar-refractivity contribution in [3.05, 3.63) is 0 Å². The molecule has 132 valence electrons. The highest BCUT2D eigenvalue weighted by Crippen LogP contribution is 2.14. The van der Waals surface area contributed by atoms with Crippen molar-refractivity contribution in [1.82, 2.24) is 9.62 Å². The van der Waals surface area contributed by atoms with E-state index in [1.165, 1.54) is 4.90 Å². The molecule has 1 aliphatic rings. The van der Waals surface area contributed by atoms with Crippen LogP contribution >= 0.6 is 0 Å². The molecular formula is C14H25N3O5S. The molecule has 0 aromatic rings. The van der Waals surface area contributed by atoms with E-state index in [9.17, 15) is 13.2 Å². The van der Waals surface area contributed by atoms with Crippen molar-refractivity contribution in [2.75, 3.05) is 25.4 Å². The quantitative estimate of drug-likeness (QED) is 0.789. The third kappa shape index (κ3) is 7.63. The van der Waals surface area contributed by atoms with Crippen LogP contribution < -0.4 is 4.72 Å². The van der Waals surface area contributed by atoms with Crippen molar-refractivity contribution in [2.24, 2.45) is 0 Å². The molecule has 1 heterocycles. The van der Waals surface area contributed by atoms with Gasteiger partial charge in [-0.3, -0.25) is 0 Å². The molecule has 0 aromatic heterocycles. The number of nitrogens with one attached hydrogen (secondary N) is 1. The second kappa shape index (κ2) is 7.95. The summed E-state index contributed by atoms with van der Waals surface area (Å²) in [5.74, 6) is -0.262. The van der Waals surface area contributed by atoms with Crippen LogP contribution in [0.15, 0.2) is 0 Å². The van der Waals surface area contributed by atoms with Crippen molar-refractivity contribution in [3.63, 3.8) is 0 Å². The number of hydrogen-bond acceptors (Lipinski definition) is 6. The fourth-order valence-corrected chi connectivity index (χ4v) is 3.57. The van der Waals surface area contributed by atoms with Gasteiger partial charge in [0.1, 0.15) is 5.60 Å². The molecule has 8 nitrogen and oxygen atoms in total. The summed E-state index contributed by atoms with van der Waals surface area (Å²) < 4.78 is 37.2. The third-order valence-corrected chi connectivity index (χ3v) is 4.55. The van der Waals surface area contributed by atoms with Gasteiger partial charge in [0.25, 0.3) is 0 Å². The molecular weight excluding hydrogens is 322 g/mol. The lowest BCUT2D eigenvalue weighted by Gasteiger charge is -2.34. The summed E-state index contributed by atoms with van der Waals surface area (Å²) in [6.07, 6.45) is -1.01.